The van der Waals surface area contributed by atoms with Gasteiger partial charge < -0.3 is 5.11 Å². The Morgan fingerprint density at radius 3 is 2.37 bits per heavy atom. The standard InChI is InChI=1S/C17H13ClO/c1-11-16(18)15(12-7-3-2-4-8-12)13-9-5-6-10-14(13)17(11)19/h2-10,19H,1H3/i5D,6D,9D,10D. The van der Waals surface area contributed by atoms with Gasteiger partial charge in [0.1, 0.15) is 5.75 Å². The van der Waals surface area contributed by atoms with Crippen molar-refractivity contribution in [2.45, 2.75) is 6.92 Å². The summed E-state index contributed by atoms with van der Waals surface area (Å²) in [6.07, 6.45) is 0. The fourth-order valence-electron chi connectivity index (χ4n) is 2.14. The molecule has 3 aromatic rings. The van der Waals surface area contributed by atoms with Crippen LogP contribution in [0.4, 0.5) is 0 Å². The summed E-state index contributed by atoms with van der Waals surface area (Å²) < 4.78 is 32.0. The first-order valence-electron chi connectivity index (χ1n) is 7.82. The highest BCUT2D eigenvalue weighted by Gasteiger charge is 2.15. The highest BCUT2D eigenvalue weighted by Crippen LogP contribution is 2.42. The zero-order valence-corrected chi connectivity index (χ0v) is 11.0. The lowest BCUT2D eigenvalue weighted by Gasteiger charge is -2.14. The topological polar surface area (TPSA) is 20.2 Å². The van der Waals surface area contributed by atoms with Crippen LogP contribution in [0.25, 0.3) is 21.9 Å². The van der Waals surface area contributed by atoms with E-state index >= 15 is 0 Å². The second-order valence-corrected chi connectivity index (χ2v) is 4.66. The summed E-state index contributed by atoms with van der Waals surface area (Å²) in [5, 5.41) is 11.0. The molecule has 94 valence electrons. The van der Waals surface area contributed by atoms with Gasteiger partial charge in [0.05, 0.1) is 10.5 Å². The van der Waals surface area contributed by atoms with E-state index < -0.39 is 0 Å². The van der Waals surface area contributed by atoms with Crippen LogP contribution in [-0.4, -0.2) is 5.11 Å². The fraction of sp³-hybridized carbons (Fsp3) is 0.0588. The molecule has 3 aromatic carbocycles. The summed E-state index contributed by atoms with van der Waals surface area (Å²) in [5.74, 6) is -0.211. The van der Waals surface area contributed by atoms with E-state index in [4.69, 9.17) is 17.1 Å². The maximum Gasteiger partial charge on any atom is 0.127 e. The van der Waals surface area contributed by atoms with Gasteiger partial charge in [-0.2, -0.15) is 0 Å². The molecule has 0 saturated carbocycles. The number of phenolic OH excluding ortho intramolecular Hbond substituents is 1. The molecule has 0 bridgehead atoms. The third kappa shape index (κ3) is 1.87. The Kier molecular flexibility index (Phi) is 1.99. The van der Waals surface area contributed by atoms with Crippen LogP contribution in [0.15, 0.2) is 54.5 Å². The quantitative estimate of drug-likeness (QED) is 0.648. The van der Waals surface area contributed by atoms with Crippen LogP contribution >= 0.6 is 11.6 Å². The minimum absolute atomic E-state index is 0.0942. The Labute approximate surface area is 122 Å². The van der Waals surface area contributed by atoms with Gasteiger partial charge in [0.2, 0.25) is 0 Å². The van der Waals surface area contributed by atoms with Crippen molar-refractivity contribution in [1.82, 2.24) is 0 Å². The van der Waals surface area contributed by atoms with E-state index in [1.165, 1.54) is 0 Å². The number of aromatic hydroxyl groups is 1. The molecule has 0 atom stereocenters. The molecule has 0 spiro atoms. The molecule has 0 fully saturated rings. The predicted octanol–water partition coefficient (Wildman–Crippen LogP) is 5.17. The van der Waals surface area contributed by atoms with Crippen molar-refractivity contribution < 1.29 is 10.6 Å². The van der Waals surface area contributed by atoms with E-state index in [0.717, 1.165) is 5.56 Å². The first-order valence-corrected chi connectivity index (χ1v) is 6.20. The number of fused-ring (bicyclic) bond motifs is 1. The number of benzene rings is 3. The minimum Gasteiger partial charge on any atom is -0.507 e. The van der Waals surface area contributed by atoms with Crippen molar-refractivity contribution in [1.29, 1.82) is 0 Å². The van der Waals surface area contributed by atoms with Crippen LogP contribution in [0, 0.1) is 6.92 Å². The Bertz CT molecular complexity index is 931. The molecule has 1 N–H and O–H groups in total. The molecule has 3 rings (SSSR count). The maximum atomic E-state index is 10.4. The summed E-state index contributed by atoms with van der Waals surface area (Å²) in [6, 6.07) is 7.93. The molecule has 0 aliphatic carbocycles. The molecular weight excluding hydrogens is 256 g/mol. The first kappa shape index (κ1) is 8.23. The SMILES string of the molecule is [2H]c1c([2H])c([2H])c2c(-c3ccccc3)c(Cl)c(C)c(O)c2c1[2H]. The number of hydrogen-bond acceptors (Lipinski definition) is 1. The van der Waals surface area contributed by atoms with Crippen LogP contribution in [0.3, 0.4) is 0 Å². The Morgan fingerprint density at radius 1 is 1.05 bits per heavy atom. The number of rotatable bonds is 1. The average Bonchev–Trinajstić information content (AvgIpc) is 2.56. The summed E-state index contributed by atoms with van der Waals surface area (Å²) in [7, 11) is 0. The molecule has 0 aromatic heterocycles. The molecule has 0 unspecified atom stereocenters. The molecular formula is C17H13ClO. The normalized spacial score (nSPS) is 13.8. The van der Waals surface area contributed by atoms with E-state index in [-0.39, 0.29) is 45.7 Å². The minimum atomic E-state index is -0.376. The van der Waals surface area contributed by atoms with Crippen LogP contribution in [0.1, 0.15) is 11.0 Å². The zero-order chi connectivity index (χ0) is 16.9. The van der Waals surface area contributed by atoms with Gasteiger partial charge in [-0.3, -0.25) is 0 Å². The monoisotopic (exact) mass is 272 g/mol. The van der Waals surface area contributed by atoms with E-state index in [0.29, 0.717) is 11.1 Å². The zero-order valence-electron chi connectivity index (χ0n) is 14.2. The maximum absolute atomic E-state index is 10.4. The third-order valence-electron chi connectivity index (χ3n) is 3.14. The van der Waals surface area contributed by atoms with Gasteiger partial charge in [0.15, 0.2) is 0 Å². The van der Waals surface area contributed by atoms with Crippen LogP contribution in [-0.2, 0) is 0 Å². The van der Waals surface area contributed by atoms with Gasteiger partial charge >= 0.3 is 0 Å². The number of hydrogen-bond donors (Lipinski definition) is 1. The second kappa shape index (κ2) is 4.60. The lowest BCUT2D eigenvalue weighted by atomic mass is 9.95. The second-order valence-electron chi connectivity index (χ2n) is 4.28. The fourth-order valence-corrected chi connectivity index (χ4v) is 2.44. The van der Waals surface area contributed by atoms with Gasteiger partial charge in [0.25, 0.3) is 0 Å². The molecule has 19 heavy (non-hydrogen) atoms. The lowest BCUT2D eigenvalue weighted by molar-refractivity contribution is 0.477. The first-order chi connectivity index (χ1) is 10.9. The number of halogens is 1. The van der Waals surface area contributed by atoms with E-state index in [1.54, 1.807) is 6.92 Å². The van der Waals surface area contributed by atoms with Crippen molar-refractivity contribution >= 4 is 22.4 Å². The molecule has 0 heterocycles. The molecule has 0 amide bonds. The number of phenols is 1. The van der Waals surface area contributed by atoms with Crippen LogP contribution < -0.4 is 0 Å². The van der Waals surface area contributed by atoms with Gasteiger partial charge in [-0.05, 0) is 17.9 Å². The van der Waals surface area contributed by atoms with E-state index in [1.807, 2.05) is 30.3 Å². The molecule has 1 nitrogen and oxygen atoms in total. The smallest absolute Gasteiger partial charge is 0.127 e. The largest absolute Gasteiger partial charge is 0.507 e. The Morgan fingerprint density at radius 2 is 1.68 bits per heavy atom. The highest BCUT2D eigenvalue weighted by molar-refractivity contribution is 6.36. The van der Waals surface area contributed by atoms with Gasteiger partial charge in [-0.1, -0.05) is 66.1 Å². The molecule has 0 aliphatic rings. The summed E-state index contributed by atoms with van der Waals surface area (Å²) in [6.45, 7) is 1.63. The Hall–Kier alpha value is -1.99. The van der Waals surface area contributed by atoms with Crippen molar-refractivity contribution in [2.24, 2.45) is 0 Å². The van der Waals surface area contributed by atoms with Crippen molar-refractivity contribution in [2.75, 3.05) is 0 Å². The van der Waals surface area contributed by atoms with E-state index in [2.05, 4.69) is 0 Å². The Balaban J connectivity index is 2.65. The summed E-state index contributed by atoms with van der Waals surface area (Å²) in [5.41, 5.74) is 1.63. The van der Waals surface area contributed by atoms with Crippen molar-refractivity contribution in [3.63, 3.8) is 0 Å². The van der Waals surface area contributed by atoms with E-state index in [9.17, 15) is 5.11 Å². The summed E-state index contributed by atoms with van der Waals surface area (Å²) >= 11 is 6.42. The molecule has 2 heteroatoms. The predicted molar refractivity (Wildman–Crippen MR) is 80.8 cm³/mol. The van der Waals surface area contributed by atoms with Crippen molar-refractivity contribution in [3.8, 4) is 16.9 Å². The molecule has 0 radical (unpaired) electrons. The van der Waals surface area contributed by atoms with Crippen molar-refractivity contribution in [3.05, 3.63) is 65.1 Å². The van der Waals surface area contributed by atoms with Gasteiger partial charge in [-0.25, -0.2) is 0 Å². The van der Waals surface area contributed by atoms with Gasteiger partial charge in [-0.15, -0.1) is 0 Å². The van der Waals surface area contributed by atoms with Crippen LogP contribution in [0.2, 0.25) is 5.02 Å². The van der Waals surface area contributed by atoms with Gasteiger partial charge in [0, 0.05) is 16.5 Å². The summed E-state index contributed by atoms with van der Waals surface area (Å²) in [4.78, 5) is 0. The molecule has 0 aliphatic heterocycles. The van der Waals surface area contributed by atoms with Crippen LogP contribution in [0.5, 0.6) is 5.75 Å². The third-order valence-corrected chi connectivity index (χ3v) is 3.61. The lowest BCUT2D eigenvalue weighted by Crippen LogP contribution is -1.88. The highest BCUT2D eigenvalue weighted by atomic mass is 35.5. The molecule has 0 saturated heterocycles. The average molecular weight is 273 g/mol.